The minimum atomic E-state index is -1.34. The van der Waals surface area contributed by atoms with Gasteiger partial charge in [0.05, 0.1) is 21.4 Å². The van der Waals surface area contributed by atoms with Crippen LogP contribution in [0.3, 0.4) is 0 Å². The van der Waals surface area contributed by atoms with Crippen molar-refractivity contribution >= 4 is 52.8 Å². The van der Waals surface area contributed by atoms with Gasteiger partial charge in [0.2, 0.25) is 5.16 Å². The van der Waals surface area contributed by atoms with Crippen LogP contribution >= 0.6 is 35.0 Å². The molecule has 1 heterocycles. The number of amides is 1. The molecule has 0 saturated heterocycles. The molecule has 0 aliphatic carbocycles. The zero-order valence-corrected chi connectivity index (χ0v) is 19.2. The van der Waals surface area contributed by atoms with Crippen LogP contribution in [0, 0.1) is 0 Å². The molecule has 172 valence electrons. The smallest absolute Gasteiger partial charge is 0.408 e. The molecule has 0 saturated carbocycles. The van der Waals surface area contributed by atoms with Gasteiger partial charge < -0.3 is 15.2 Å². The molecule has 3 aromatic rings. The molecule has 2 aromatic carbocycles. The van der Waals surface area contributed by atoms with E-state index in [2.05, 4.69) is 20.7 Å². The van der Waals surface area contributed by atoms with Gasteiger partial charge in [-0.25, -0.2) is 4.79 Å². The van der Waals surface area contributed by atoms with Gasteiger partial charge in [-0.15, -0.1) is 10.2 Å². The number of benzene rings is 2. The van der Waals surface area contributed by atoms with Gasteiger partial charge in [-0.05, 0) is 34.7 Å². The number of tetrazole rings is 1. The van der Waals surface area contributed by atoms with Crippen LogP contribution in [0.5, 0.6) is 0 Å². The molecule has 0 fully saturated rings. The second kappa shape index (κ2) is 11.6. The molecule has 1 unspecified atom stereocenters. The van der Waals surface area contributed by atoms with Crippen molar-refractivity contribution in [3.8, 4) is 0 Å². The topological polar surface area (TPSA) is 136 Å². The standard InChI is InChI=1S/C20H17Cl2N5O5S/c21-13-7-4-8-14(22)18(13)33-19-24-26-27(25-19)10-16(28)15(9-17(29)30)23-20(31)32-11-12-5-2-1-3-6-12/h1-8,15H,9-11H2,(H,23,31)(H,29,30). The van der Waals surface area contributed by atoms with Crippen molar-refractivity contribution in [3.05, 3.63) is 64.1 Å². The highest BCUT2D eigenvalue weighted by Gasteiger charge is 2.25. The van der Waals surface area contributed by atoms with Crippen molar-refractivity contribution in [1.82, 2.24) is 25.5 Å². The number of hydrogen-bond donors (Lipinski definition) is 2. The van der Waals surface area contributed by atoms with Gasteiger partial charge in [0.25, 0.3) is 0 Å². The SMILES string of the molecule is O=C(O)CC(NC(=O)OCc1ccccc1)C(=O)Cn1nnc(Sc2c(Cl)cccc2Cl)n1. The highest BCUT2D eigenvalue weighted by molar-refractivity contribution is 7.99. The molecule has 0 bridgehead atoms. The summed E-state index contributed by atoms with van der Waals surface area (Å²) in [6.07, 6.45) is -1.56. The summed E-state index contributed by atoms with van der Waals surface area (Å²) in [6.45, 7) is -0.447. The summed E-state index contributed by atoms with van der Waals surface area (Å²) >= 11 is 13.3. The summed E-state index contributed by atoms with van der Waals surface area (Å²) in [5.41, 5.74) is 0.740. The number of Topliss-reactive ketones (excluding diaryl/α,β-unsaturated/α-hetero) is 1. The number of carbonyl (C=O) groups is 3. The maximum Gasteiger partial charge on any atom is 0.408 e. The van der Waals surface area contributed by atoms with E-state index in [9.17, 15) is 14.4 Å². The highest BCUT2D eigenvalue weighted by Crippen LogP contribution is 2.36. The van der Waals surface area contributed by atoms with E-state index < -0.39 is 36.9 Å². The van der Waals surface area contributed by atoms with E-state index in [1.807, 2.05) is 6.07 Å². The number of ether oxygens (including phenoxy) is 1. The number of nitrogens with zero attached hydrogens (tertiary/aromatic N) is 4. The monoisotopic (exact) mass is 509 g/mol. The minimum absolute atomic E-state index is 0.0313. The maximum absolute atomic E-state index is 12.6. The van der Waals surface area contributed by atoms with Crippen LogP contribution in [-0.4, -0.2) is 49.2 Å². The fourth-order valence-corrected chi connectivity index (χ4v) is 3.94. The molecule has 10 nitrogen and oxygen atoms in total. The summed E-state index contributed by atoms with van der Waals surface area (Å²) in [6, 6.07) is 12.6. The van der Waals surface area contributed by atoms with E-state index in [4.69, 9.17) is 33.0 Å². The molecule has 1 atom stereocenters. The van der Waals surface area contributed by atoms with Gasteiger partial charge in [0.15, 0.2) is 5.78 Å². The Morgan fingerprint density at radius 3 is 2.45 bits per heavy atom. The van der Waals surface area contributed by atoms with Crippen LogP contribution in [0.2, 0.25) is 10.0 Å². The normalized spacial score (nSPS) is 11.6. The third-order valence-corrected chi connectivity index (χ3v) is 5.96. The Morgan fingerprint density at radius 2 is 1.79 bits per heavy atom. The lowest BCUT2D eigenvalue weighted by molar-refractivity contribution is -0.139. The lowest BCUT2D eigenvalue weighted by Gasteiger charge is -2.15. The summed E-state index contributed by atoms with van der Waals surface area (Å²) in [5, 5.41) is 24.1. The Hall–Kier alpha value is -3.15. The summed E-state index contributed by atoms with van der Waals surface area (Å²) in [5.74, 6) is -1.91. The van der Waals surface area contributed by atoms with E-state index >= 15 is 0 Å². The Labute approximate surface area is 202 Å². The first-order chi connectivity index (χ1) is 15.8. The molecule has 0 spiro atoms. The fraction of sp³-hybridized carbons (Fsp3) is 0.200. The zero-order valence-electron chi connectivity index (χ0n) is 16.9. The van der Waals surface area contributed by atoms with Gasteiger partial charge >= 0.3 is 12.1 Å². The van der Waals surface area contributed by atoms with E-state index in [0.29, 0.717) is 14.9 Å². The molecule has 33 heavy (non-hydrogen) atoms. The number of halogens is 2. The number of rotatable bonds is 10. The van der Waals surface area contributed by atoms with E-state index in [1.54, 1.807) is 42.5 Å². The van der Waals surface area contributed by atoms with Crippen LogP contribution in [-0.2, 0) is 27.5 Å². The Kier molecular flexibility index (Phi) is 8.64. The summed E-state index contributed by atoms with van der Waals surface area (Å²) < 4.78 is 5.06. The molecule has 1 amide bonds. The van der Waals surface area contributed by atoms with Crippen LogP contribution in [0.15, 0.2) is 58.6 Å². The van der Waals surface area contributed by atoms with Crippen molar-refractivity contribution in [1.29, 1.82) is 0 Å². The van der Waals surface area contributed by atoms with Crippen molar-refractivity contribution in [3.63, 3.8) is 0 Å². The Bertz CT molecular complexity index is 1120. The number of nitrogens with one attached hydrogen (secondary N) is 1. The minimum Gasteiger partial charge on any atom is -0.481 e. The highest BCUT2D eigenvalue weighted by atomic mass is 35.5. The van der Waals surface area contributed by atoms with Gasteiger partial charge in [-0.3, -0.25) is 9.59 Å². The number of hydrogen-bond acceptors (Lipinski definition) is 8. The average Bonchev–Trinajstić information content (AvgIpc) is 3.22. The Balaban J connectivity index is 1.60. The molecule has 3 rings (SSSR count). The largest absolute Gasteiger partial charge is 0.481 e. The molecule has 0 radical (unpaired) electrons. The third-order valence-electron chi connectivity index (χ3n) is 4.12. The van der Waals surface area contributed by atoms with Gasteiger partial charge in [0.1, 0.15) is 19.2 Å². The molecule has 0 aliphatic rings. The predicted molar refractivity (Wildman–Crippen MR) is 119 cm³/mol. The van der Waals surface area contributed by atoms with Crippen LogP contribution in [0.1, 0.15) is 12.0 Å². The first-order valence-electron chi connectivity index (χ1n) is 9.43. The third kappa shape index (κ3) is 7.45. The number of alkyl carbamates (subject to hydrolysis) is 1. The van der Waals surface area contributed by atoms with Gasteiger partial charge in [-0.1, -0.05) is 59.6 Å². The quantitative estimate of drug-likeness (QED) is 0.420. The van der Waals surface area contributed by atoms with Crippen molar-refractivity contribution in [2.24, 2.45) is 0 Å². The predicted octanol–water partition coefficient (Wildman–Crippen LogP) is 3.47. The van der Waals surface area contributed by atoms with Crippen molar-refractivity contribution in [2.45, 2.75) is 35.7 Å². The lowest BCUT2D eigenvalue weighted by Crippen LogP contribution is -2.44. The molecule has 1 aromatic heterocycles. The van der Waals surface area contributed by atoms with Crippen LogP contribution in [0.25, 0.3) is 0 Å². The number of carboxylic acid groups (broad SMARTS) is 1. The average molecular weight is 510 g/mol. The van der Waals surface area contributed by atoms with Gasteiger partial charge in [-0.2, -0.15) is 4.80 Å². The number of aromatic nitrogens is 4. The van der Waals surface area contributed by atoms with Crippen molar-refractivity contribution < 1.29 is 24.2 Å². The summed E-state index contributed by atoms with van der Waals surface area (Å²) in [4.78, 5) is 37.4. The van der Waals surface area contributed by atoms with Crippen molar-refractivity contribution in [2.75, 3.05) is 0 Å². The zero-order chi connectivity index (χ0) is 23.8. The lowest BCUT2D eigenvalue weighted by atomic mass is 10.1. The van der Waals surface area contributed by atoms with E-state index in [-0.39, 0.29) is 11.8 Å². The number of carboxylic acids is 1. The molecule has 0 aliphatic heterocycles. The molecule has 13 heteroatoms. The first kappa shape index (κ1) is 24.5. The maximum atomic E-state index is 12.6. The number of carbonyl (C=O) groups excluding carboxylic acids is 2. The van der Waals surface area contributed by atoms with Crippen LogP contribution in [0.4, 0.5) is 4.79 Å². The molecular formula is C20H17Cl2N5O5S. The number of ketones is 1. The van der Waals surface area contributed by atoms with Gasteiger partial charge in [0, 0.05) is 0 Å². The van der Waals surface area contributed by atoms with E-state index in [1.165, 1.54) is 0 Å². The molecular weight excluding hydrogens is 493 g/mol. The second-order valence-electron chi connectivity index (χ2n) is 6.58. The summed E-state index contributed by atoms with van der Waals surface area (Å²) in [7, 11) is 0. The Morgan fingerprint density at radius 1 is 1.09 bits per heavy atom. The first-order valence-corrected chi connectivity index (χ1v) is 11.0. The second-order valence-corrected chi connectivity index (χ2v) is 8.37. The van der Waals surface area contributed by atoms with Crippen LogP contribution < -0.4 is 5.32 Å². The number of aliphatic carboxylic acids is 1. The molecule has 2 N–H and O–H groups in total. The fourth-order valence-electron chi connectivity index (χ4n) is 2.58. The van der Waals surface area contributed by atoms with E-state index in [0.717, 1.165) is 22.1 Å².